The number of aromatic nitrogens is 2. The number of fused-ring (bicyclic) bond motifs is 1. The van der Waals surface area contributed by atoms with Gasteiger partial charge >= 0.3 is 6.18 Å². The highest BCUT2D eigenvalue weighted by Crippen LogP contribution is 2.36. The number of methoxy groups -OCH3 is 1. The standard InChI is InChI=1S/C16H17F3N4O2/c1-25-11-4-2-10(3-5-11)23-13-12(14(21-23)16(17,18)19)6-8-22(9-7-20)15(13)24/h2-5H,6-9,20H2,1H3. The van der Waals surface area contributed by atoms with Gasteiger partial charge in [0.2, 0.25) is 0 Å². The second kappa shape index (κ2) is 6.40. The van der Waals surface area contributed by atoms with Crippen LogP contribution in [0.2, 0.25) is 0 Å². The zero-order chi connectivity index (χ0) is 18.2. The Morgan fingerprint density at radius 1 is 1.28 bits per heavy atom. The van der Waals surface area contributed by atoms with E-state index in [-0.39, 0.29) is 37.3 Å². The van der Waals surface area contributed by atoms with Crippen molar-refractivity contribution in [2.45, 2.75) is 12.6 Å². The van der Waals surface area contributed by atoms with Crippen LogP contribution in [0.4, 0.5) is 13.2 Å². The molecule has 1 amide bonds. The van der Waals surface area contributed by atoms with Crippen molar-refractivity contribution < 1.29 is 22.7 Å². The predicted octanol–water partition coefficient (Wildman–Crippen LogP) is 1.86. The van der Waals surface area contributed by atoms with Crippen LogP contribution in [-0.2, 0) is 12.6 Å². The normalized spacial score (nSPS) is 14.6. The number of nitrogens with two attached hydrogens (primary N) is 1. The summed E-state index contributed by atoms with van der Waals surface area (Å²) in [4.78, 5) is 14.1. The van der Waals surface area contributed by atoms with Gasteiger partial charge in [-0.3, -0.25) is 4.79 Å². The quantitative estimate of drug-likeness (QED) is 0.910. The summed E-state index contributed by atoms with van der Waals surface area (Å²) in [7, 11) is 1.49. The fourth-order valence-electron chi connectivity index (χ4n) is 2.91. The molecule has 0 saturated carbocycles. The maximum atomic E-state index is 13.4. The molecule has 1 aliphatic rings. The Morgan fingerprint density at radius 2 is 1.96 bits per heavy atom. The summed E-state index contributed by atoms with van der Waals surface area (Å²) in [6.45, 7) is 0.720. The first kappa shape index (κ1) is 17.3. The molecule has 0 bridgehead atoms. The minimum atomic E-state index is -4.63. The number of alkyl halides is 3. The summed E-state index contributed by atoms with van der Waals surface area (Å²) < 4.78 is 46.2. The number of hydrogen-bond acceptors (Lipinski definition) is 4. The minimum Gasteiger partial charge on any atom is -0.497 e. The SMILES string of the molecule is COc1ccc(-n2nc(C(F)(F)F)c3c2C(=O)N(CCN)CC3)cc1. The van der Waals surface area contributed by atoms with Gasteiger partial charge in [-0.05, 0) is 30.7 Å². The number of carbonyl (C=O) groups is 1. The molecular formula is C16H17F3N4O2. The molecule has 1 aliphatic heterocycles. The van der Waals surface area contributed by atoms with E-state index in [9.17, 15) is 18.0 Å². The lowest BCUT2D eigenvalue weighted by Gasteiger charge is -2.27. The van der Waals surface area contributed by atoms with Crippen molar-refractivity contribution >= 4 is 5.91 Å². The number of halogens is 3. The number of hydrogen-bond donors (Lipinski definition) is 1. The molecule has 3 rings (SSSR count). The van der Waals surface area contributed by atoms with Crippen LogP contribution in [0.5, 0.6) is 5.75 Å². The highest BCUT2D eigenvalue weighted by Gasteiger charge is 2.42. The molecule has 134 valence electrons. The molecule has 1 aromatic heterocycles. The smallest absolute Gasteiger partial charge is 0.435 e. The molecule has 2 heterocycles. The molecule has 0 fully saturated rings. The molecule has 0 radical (unpaired) electrons. The average molecular weight is 354 g/mol. The summed E-state index contributed by atoms with van der Waals surface area (Å²) in [5, 5.41) is 3.71. The van der Waals surface area contributed by atoms with Gasteiger partial charge < -0.3 is 15.4 Å². The van der Waals surface area contributed by atoms with Crippen LogP contribution in [0, 0.1) is 0 Å². The van der Waals surface area contributed by atoms with E-state index in [1.54, 1.807) is 24.3 Å². The minimum absolute atomic E-state index is 0.0582. The van der Waals surface area contributed by atoms with Gasteiger partial charge in [-0.25, -0.2) is 4.68 Å². The fourth-order valence-corrected chi connectivity index (χ4v) is 2.91. The summed E-state index contributed by atoms with van der Waals surface area (Å²) >= 11 is 0. The Labute approximate surface area is 142 Å². The molecule has 0 unspecified atom stereocenters. The highest BCUT2D eigenvalue weighted by molar-refractivity contribution is 5.96. The topological polar surface area (TPSA) is 73.4 Å². The molecule has 6 nitrogen and oxygen atoms in total. The van der Waals surface area contributed by atoms with Crippen molar-refractivity contribution in [1.29, 1.82) is 0 Å². The van der Waals surface area contributed by atoms with Crippen molar-refractivity contribution in [3.8, 4) is 11.4 Å². The van der Waals surface area contributed by atoms with E-state index in [1.165, 1.54) is 12.0 Å². The Morgan fingerprint density at radius 3 is 2.52 bits per heavy atom. The van der Waals surface area contributed by atoms with Crippen LogP contribution in [0.1, 0.15) is 21.7 Å². The van der Waals surface area contributed by atoms with Gasteiger partial charge in [0, 0.05) is 25.2 Å². The van der Waals surface area contributed by atoms with Gasteiger partial charge in [-0.2, -0.15) is 18.3 Å². The Bertz CT molecular complexity index is 784. The maximum absolute atomic E-state index is 13.4. The molecular weight excluding hydrogens is 337 g/mol. The van der Waals surface area contributed by atoms with Crippen molar-refractivity contribution in [1.82, 2.24) is 14.7 Å². The summed E-state index contributed by atoms with van der Waals surface area (Å²) in [6.07, 6.45) is -4.54. The molecule has 25 heavy (non-hydrogen) atoms. The molecule has 0 spiro atoms. The van der Waals surface area contributed by atoms with Gasteiger partial charge in [0.05, 0.1) is 12.8 Å². The second-order valence-electron chi connectivity index (χ2n) is 5.61. The number of carbonyl (C=O) groups excluding carboxylic acids is 1. The molecule has 1 aromatic carbocycles. The van der Waals surface area contributed by atoms with E-state index in [0.717, 1.165) is 4.68 Å². The Kier molecular flexibility index (Phi) is 4.42. The summed E-state index contributed by atoms with van der Waals surface area (Å²) in [5.41, 5.74) is 4.70. The van der Waals surface area contributed by atoms with E-state index in [0.29, 0.717) is 11.4 Å². The molecule has 0 aliphatic carbocycles. The van der Waals surface area contributed by atoms with Crippen molar-refractivity contribution in [3.05, 3.63) is 41.2 Å². The van der Waals surface area contributed by atoms with E-state index in [2.05, 4.69) is 5.10 Å². The van der Waals surface area contributed by atoms with Gasteiger partial charge in [0.15, 0.2) is 5.69 Å². The molecule has 9 heteroatoms. The number of ether oxygens (including phenoxy) is 1. The number of nitrogens with zero attached hydrogens (tertiary/aromatic N) is 3. The average Bonchev–Trinajstić information content (AvgIpc) is 2.98. The van der Waals surface area contributed by atoms with E-state index in [4.69, 9.17) is 10.5 Å². The molecule has 2 aromatic rings. The van der Waals surface area contributed by atoms with Gasteiger partial charge in [-0.1, -0.05) is 0 Å². The first-order chi connectivity index (χ1) is 11.9. The third kappa shape index (κ3) is 3.07. The van der Waals surface area contributed by atoms with Gasteiger partial charge in [0.25, 0.3) is 5.91 Å². The molecule has 2 N–H and O–H groups in total. The number of amides is 1. The van der Waals surface area contributed by atoms with Crippen molar-refractivity contribution in [3.63, 3.8) is 0 Å². The Hall–Kier alpha value is -2.55. The van der Waals surface area contributed by atoms with Crippen molar-refractivity contribution in [2.75, 3.05) is 26.7 Å². The van der Waals surface area contributed by atoms with Crippen LogP contribution in [0.3, 0.4) is 0 Å². The third-order valence-electron chi connectivity index (χ3n) is 4.09. The van der Waals surface area contributed by atoms with E-state index < -0.39 is 17.8 Å². The first-order valence-electron chi connectivity index (χ1n) is 7.69. The number of benzene rings is 1. The van der Waals surface area contributed by atoms with Gasteiger partial charge in [0.1, 0.15) is 11.4 Å². The van der Waals surface area contributed by atoms with Gasteiger partial charge in [-0.15, -0.1) is 0 Å². The zero-order valence-corrected chi connectivity index (χ0v) is 13.5. The monoisotopic (exact) mass is 354 g/mol. The predicted molar refractivity (Wildman–Crippen MR) is 83.8 cm³/mol. The van der Waals surface area contributed by atoms with E-state index >= 15 is 0 Å². The maximum Gasteiger partial charge on any atom is 0.435 e. The van der Waals surface area contributed by atoms with Crippen LogP contribution < -0.4 is 10.5 Å². The van der Waals surface area contributed by atoms with Crippen molar-refractivity contribution in [2.24, 2.45) is 5.73 Å². The molecule has 0 saturated heterocycles. The van der Waals surface area contributed by atoms with Crippen LogP contribution in [0.15, 0.2) is 24.3 Å². The largest absolute Gasteiger partial charge is 0.497 e. The fraction of sp³-hybridized carbons (Fsp3) is 0.375. The summed E-state index contributed by atoms with van der Waals surface area (Å²) in [5.74, 6) is 0.0578. The van der Waals surface area contributed by atoms with Crippen LogP contribution in [-0.4, -0.2) is 47.3 Å². The zero-order valence-electron chi connectivity index (χ0n) is 13.5. The lowest BCUT2D eigenvalue weighted by molar-refractivity contribution is -0.142. The second-order valence-corrected chi connectivity index (χ2v) is 5.61. The highest BCUT2D eigenvalue weighted by atomic mass is 19.4. The number of rotatable bonds is 4. The van der Waals surface area contributed by atoms with E-state index in [1.807, 2.05) is 0 Å². The molecule has 0 atom stereocenters. The lowest BCUT2D eigenvalue weighted by atomic mass is 10.0. The first-order valence-corrected chi connectivity index (χ1v) is 7.69. The van der Waals surface area contributed by atoms with Crippen LogP contribution >= 0.6 is 0 Å². The Balaban J connectivity index is 2.15. The lowest BCUT2D eigenvalue weighted by Crippen LogP contribution is -2.41. The third-order valence-corrected chi connectivity index (χ3v) is 4.09. The van der Waals surface area contributed by atoms with Crippen LogP contribution in [0.25, 0.3) is 5.69 Å². The summed E-state index contributed by atoms with van der Waals surface area (Å²) in [6, 6.07) is 6.31.